The Bertz CT molecular complexity index is 306. The van der Waals surface area contributed by atoms with Crippen molar-refractivity contribution in [3.63, 3.8) is 0 Å². The summed E-state index contributed by atoms with van der Waals surface area (Å²) >= 11 is 0. The fourth-order valence-electron chi connectivity index (χ4n) is 3.36. The molecular weight excluding hydrogens is 244 g/mol. The van der Waals surface area contributed by atoms with Crippen LogP contribution < -0.4 is 10.6 Å². The highest BCUT2D eigenvalue weighted by Gasteiger charge is 2.35. The van der Waals surface area contributed by atoms with Crippen LogP contribution in [0.15, 0.2) is 0 Å². The summed E-state index contributed by atoms with van der Waals surface area (Å²) in [6, 6.07) is 0.0122. The van der Waals surface area contributed by atoms with E-state index in [-0.39, 0.29) is 30.9 Å². The topological polar surface area (TPSA) is 70.6 Å². The quantitative estimate of drug-likeness (QED) is 0.728. The Kier molecular flexibility index (Phi) is 4.68. The SMILES string of the molecule is CC1CC(NC(=O)NC2(CO)CCCC2)CC(C)O1. The molecule has 0 aromatic heterocycles. The van der Waals surface area contributed by atoms with Crippen LogP contribution >= 0.6 is 0 Å². The molecule has 3 N–H and O–H groups in total. The van der Waals surface area contributed by atoms with Crippen LogP contribution in [0.1, 0.15) is 52.4 Å². The van der Waals surface area contributed by atoms with Gasteiger partial charge in [0.15, 0.2) is 0 Å². The van der Waals surface area contributed by atoms with Crippen molar-refractivity contribution in [2.75, 3.05) is 6.61 Å². The molecule has 2 rings (SSSR count). The van der Waals surface area contributed by atoms with Crippen molar-refractivity contribution >= 4 is 6.03 Å². The van der Waals surface area contributed by atoms with Gasteiger partial charge in [0.2, 0.25) is 0 Å². The van der Waals surface area contributed by atoms with Crippen LogP contribution in [-0.2, 0) is 4.74 Å². The molecular formula is C14H26N2O3. The van der Waals surface area contributed by atoms with E-state index < -0.39 is 5.54 Å². The smallest absolute Gasteiger partial charge is 0.315 e. The zero-order chi connectivity index (χ0) is 13.9. The Morgan fingerprint density at radius 2 is 1.84 bits per heavy atom. The van der Waals surface area contributed by atoms with E-state index in [0.29, 0.717) is 0 Å². The Morgan fingerprint density at radius 1 is 1.26 bits per heavy atom. The highest BCUT2D eigenvalue weighted by Crippen LogP contribution is 2.29. The monoisotopic (exact) mass is 270 g/mol. The molecule has 2 unspecified atom stereocenters. The van der Waals surface area contributed by atoms with Crippen LogP contribution in [0.4, 0.5) is 4.79 Å². The summed E-state index contributed by atoms with van der Waals surface area (Å²) in [5.41, 5.74) is -0.396. The van der Waals surface area contributed by atoms with E-state index in [1.54, 1.807) is 0 Å². The Labute approximate surface area is 115 Å². The predicted molar refractivity (Wildman–Crippen MR) is 73.0 cm³/mol. The number of aliphatic hydroxyl groups excluding tert-OH is 1. The van der Waals surface area contributed by atoms with Gasteiger partial charge in [-0.3, -0.25) is 0 Å². The van der Waals surface area contributed by atoms with Gasteiger partial charge in [0.25, 0.3) is 0 Å². The molecule has 2 amide bonds. The van der Waals surface area contributed by atoms with Crippen LogP contribution in [0.3, 0.4) is 0 Å². The number of hydrogen-bond donors (Lipinski definition) is 3. The van der Waals surface area contributed by atoms with Gasteiger partial charge in [-0.25, -0.2) is 4.79 Å². The molecule has 2 atom stereocenters. The van der Waals surface area contributed by atoms with E-state index in [1.807, 2.05) is 13.8 Å². The van der Waals surface area contributed by atoms with E-state index in [1.165, 1.54) is 0 Å². The molecule has 1 heterocycles. The molecule has 5 heteroatoms. The number of urea groups is 1. The summed E-state index contributed by atoms with van der Waals surface area (Å²) in [5, 5.41) is 15.5. The lowest BCUT2D eigenvalue weighted by molar-refractivity contribution is -0.0403. The lowest BCUT2D eigenvalue weighted by atomic mass is 9.98. The second kappa shape index (κ2) is 6.09. The first-order valence-electron chi connectivity index (χ1n) is 7.38. The molecule has 5 nitrogen and oxygen atoms in total. The minimum Gasteiger partial charge on any atom is -0.394 e. The minimum absolute atomic E-state index is 0.0288. The Morgan fingerprint density at radius 3 is 2.37 bits per heavy atom. The molecule has 0 aromatic carbocycles. The first-order chi connectivity index (χ1) is 9.03. The van der Waals surface area contributed by atoms with E-state index >= 15 is 0 Å². The average Bonchev–Trinajstić information content (AvgIpc) is 2.76. The van der Waals surface area contributed by atoms with Gasteiger partial charge in [0.05, 0.1) is 24.4 Å². The molecule has 1 saturated heterocycles. The summed E-state index contributed by atoms with van der Waals surface area (Å²) in [4.78, 5) is 12.1. The highest BCUT2D eigenvalue weighted by atomic mass is 16.5. The Hall–Kier alpha value is -0.810. The van der Waals surface area contributed by atoms with Crippen molar-refractivity contribution in [2.24, 2.45) is 0 Å². The number of carbonyl (C=O) groups excluding carboxylic acids is 1. The maximum Gasteiger partial charge on any atom is 0.315 e. The largest absolute Gasteiger partial charge is 0.394 e. The van der Waals surface area contributed by atoms with E-state index in [9.17, 15) is 9.90 Å². The standard InChI is InChI=1S/C14H26N2O3/c1-10-7-12(8-11(2)19-10)15-13(18)16-14(9-17)5-3-4-6-14/h10-12,17H,3-9H2,1-2H3,(H2,15,16,18). The molecule has 0 radical (unpaired) electrons. The Balaban J connectivity index is 1.83. The van der Waals surface area contributed by atoms with Gasteiger partial charge in [-0.1, -0.05) is 12.8 Å². The average molecular weight is 270 g/mol. The molecule has 0 spiro atoms. The number of rotatable bonds is 3. The second-order valence-electron chi connectivity index (χ2n) is 6.17. The fourth-order valence-corrected chi connectivity index (χ4v) is 3.36. The first-order valence-corrected chi connectivity index (χ1v) is 7.38. The number of amides is 2. The van der Waals surface area contributed by atoms with Gasteiger partial charge >= 0.3 is 6.03 Å². The van der Waals surface area contributed by atoms with Crippen LogP contribution in [0.2, 0.25) is 0 Å². The third kappa shape index (κ3) is 3.83. The maximum absolute atomic E-state index is 12.1. The number of nitrogens with one attached hydrogen (secondary N) is 2. The summed E-state index contributed by atoms with van der Waals surface area (Å²) < 4.78 is 5.66. The van der Waals surface area contributed by atoms with Crippen LogP contribution in [0.25, 0.3) is 0 Å². The second-order valence-corrected chi connectivity index (χ2v) is 6.17. The minimum atomic E-state index is -0.396. The van der Waals surface area contributed by atoms with Crippen LogP contribution in [0.5, 0.6) is 0 Å². The molecule has 1 aliphatic carbocycles. The van der Waals surface area contributed by atoms with Crippen molar-refractivity contribution in [3.8, 4) is 0 Å². The summed E-state index contributed by atoms with van der Waals surface area (Å²) in [7, 11) is 0. The van der Waals surface area contributed by atoms with Crippen LogP contribution in [-0.4, -0.2) is 41.5 Å². The molecule has 1 aliphatic heterocycles. The van der Waals surface area contributed by atoms with Gasteiger partial charge in [-0.05, 0) is 39.5 Å². The van der Waals surface area contributed by atoms with E-state index in [0.717, 1.165) is 38.5 Å². The first kappa shape index (κ1) is 14.6. The number of aliphatic hydroxyl groups is 1. The normalized spacial score (nSPS) is 33.9. The van der Waals surface area contributed by atoms with Crippen LogP contribution in [0, 0.1) is 0 Å². The van der Waals surface area contributed by atoms with Gasteiger partial charge in [0, 0.05) is 6.04 Å². The van der Waals surface area contributed by atoms with Crippen molar-refractivity contribution in [2.45, 2.75) is 76.2 Å². The lowest BCUT2D eigenvalue weighted by Crippen LogP contribution is -2.56. The molecule has 19 heavy (non-hydrogen) atoms. The molecule has 2 aliphatic rings. The number of carbonyl (C=O) groups is 1. The zero-order valence-corrected chi connectivity index (χ0v) is 11.9. The van der Waals surface area contributed by atoms with E-state index in [2.05, 4.69) is 10.6 Å². The van der Waals surface area contributed by atoms with Gasteiger partial charge in [-0.15, -0.1) is 0 Å². The number of hydrogen-bond acceptors (Lipinski definition) is 3. The van der Waals surface area contributed by atoms with Crippen molar-refractivity contribution in [1.29, 1.82) is 0 Å². The highest BCUT2D eigenvalue weighted by molar-refractivity contribution is 5.75. The van der Waals surface area contributed by atoms with Gasteiger partial charge in [0.1, 0.15) is 0 Å². The summed E-state index contributed by atoms with van der Waals surface area (Å²) in [5.74, 6) is 0. The maximum atomic E-state index is 12.1. The van der Waals surface area contributed by atoms with Crippen molar-refractivity contribution in [1.82, 2.24) is 10.6 Å². The molecule has 1 saturated carbocycles. The van der Waals surface area contributed by atoms with Gasteiger partial charge in [-0.2, -0.15) is 0 Å². The molecule has 110 valence electrons. The van der Waals surface area contributed by atoms with Crippen molar-refractivity contribution in [3.05, 3.63) is 0 Å². The number of ether oxygens (including phenoxy) is 1. The van der Waals surface area contributed by atoms with E-state index in [4.69, 9.17) is 4.74 Å². The zero-order valence-electron chi connectivity index (χ0n) is 11.9. The van der Waals surface area contributed by atoms with Gasteiger partial charge < -0.3 is 20.5 Å². The third-order valence-electron chi connectivity index (χ3n) is 4.27. The third-order valence-corrected chi connectivity index (χ3v) is 4.27. The lowest BCUT2D eigenvalue weighted by Gasteiger charge is -2.34. The predicted octanol–water partition coefficient (Wildman–Crippen LogP) is 1.55. The molecule has 0 aromatic rings. The van der Waals surface area contributed by atoms with Crippen molar-refractivity contribution < 1.29 is 14.6 Å². The molecule has 2 fully saturated rings. The molecule has 0 bridgehead atoms. The summed E-state index contributed by atoms with van der Waals surface area (Å²) in [6.45, 7) is 4.10. The fraction of sp³-hybridized carbons (Fsp3) is 0.929. The summed E-state index contributed by atoms with van der Waals surface area (Å²) in [6.07, 6.45) is 5.97.